The average molecular weight is 371 g/mol. The number of nitrogens with zero attached hydrogens (tertiary/aromatic N) is 2. The second-order valence-electron chi connectivity index (χ2n) is 5.03. The highest BCUT2D eigenvalue weighted by atomic mass is 79.9. The van der Waals surface area contributed by atoms with Crippen LogP contribution in [-0.2, 0) is 6.54 Å². The van der Waals surface area contributed by atoms with Crippen LogP contribution >= 0.6 is 27.5 Å². The van der Waals surface area contributed by atoms with Gasteiger partial charge in [-0.3, -0.25) is 4.68 Å². The number of nitrogens with one attached hydrogen (secondary N) is 1. The third kappa shape index (κ3) is 4.09. The number of benzene rings is 1. The lowest BCUT2D eigenvalue weighted by molar-refractivity contribution is 0.511. The Kier molecular flexibility index (Phi) is 6.27. The number of aryl methyl sites for hydroxylation is 1. The molecule has 2 aromatic rings. The molecule has 1 aromatic heterocycles. The Labute approximate surface area is 139 Å². The van der Waals surface area contributed by atoms with Gasteiger partial charge in [0.05, 0.1) is 11.7 Å². The van der Waals surface area contributed by atoms with E-state index < -0.39 is 0 Å². The minimum Gasteiger partial charge on any atom is -0.305 e. The standard InChI is InChI=1S/C16H21BrClN3/c1-3-8-19-16(13-6-5-12(17)11-14(13)18)15-7-9-20-21(15)10-4-2/h5-7,9,11,16,19H,3-4,8,10H2,1-2H3. The third-order valence-electron chi connectivity index (χ3n) is 3.35. The van der Waals surface area contributed by atoms with Gasteiger partial charge >= 0.3 is 0 Å². The topological polar surface area (TPSA) is 29.9 Å². The molecule has 0 aliphatic carbocycles. The predicted molar refractivity (Wildman–Crippen MR) is 91.8 cm³/mol. The van der Waals surface area contributed by atoms with Crippen LogP contribution in [0.15, 0.2) is 34.9 Å². The Hall–Kier alpha value is -0.840. The van der Waals surface area contributed by atoms with Gasteiger partial charge in [0.25, 0.3) is 0 Å². The summed E-state index contributed by atoms with van der Waals surface area (Å²) < 4.78 is 3.05. The van der Waals surface area contributed by atoms with Crippen molar-refractivity contribution in [2.75, 3.05) is 6.54 Å². The first-order valence-electron chi connectivity index (χ1n) is 7.37. The van der Waals surface area contributed by atoms with Crippen molar-refractivity contribution < 1.29 is 0 Å². The minimum absolute atomic E-state index is 0.0691. The largest absolute Gasteiger partial charge is 0.305 e. The van der Waals surface area contributed by atoms with Gasteiger partial charge in [-0.15, -0.1) is 0 Å². The van der Waals surface area contributed by atoms with Crippen molar-refractivity contribution in [2.24, 2.45) is 0 Å². The normalized spacial score (nSPS) is 12.6. The van der Waals surface area contributed by atoms with Crippen LogP contribution in [0.3, 0.4) is 0 Å². The smallest absolute Gasteiger partial charge is 0.0762 e. The van der Waals surface area contributed by atoms with Crippen LogP contribution < -0.4 is 5.32 Å². The third-order valence-corrected chi connectivity index (χ3v) is 4.17. The molecule has 114 valence electrons. The van der Waals surface area contributed by atoms with Crippen molar-refractivity contribution in [3.8, 4) is 0 Å². The van der Waals surface area contributed by atoms with Gasteiger partial charge < -0.3 is 5.32 Å². The van der Waals surface area contributed by atoms with E-state index in [-0.39, 0.29) is 6.04 Å². The molecule has 0 radical (unpaired) electrons. The lowest BCUT2D eigenvalue weighted by Crippen LogP contribution is -2.26. The maximum Gasteiger partial charge on any atom is 0.0762 e. The maximum atomic E-state index is 6.45. The summed E-state index contributed by atoms with van der Waals surface area (Å²) in [4.78, 5) is 0. The highest BCUT2D eigenvalue weighted by molar-refractivity contribution is 9.10. The van der Waals surface area contributed by atoms with Crippen LogP contribution in [0.5, 0.6) is 0 Å². The predicted octanol–water partition coefficient (Wildman–Crippen LogP) is 4.80. The van der Waals surface area contributed by atoms with Gasteiger partial charge in [0.2, 0.25) is 0 Å². The Balaban J connectivity index is 2.39. The summed E-state index contributed by atoms with van der Waals surface area (Å²) >= 11 is 9.91. The second-order valence-corrected chi connectivity index (χ2v) is 6.36. The number of aromatic nitrogens is 2. The molecule has 1 heterocycles. The molecule has 0 amide bonds. The van der Waals surface area contributed by atoms with Crippen LogP contribution in [-0.4, -0.2) is 16.3 Å². The van der Waals surface area contributed by atoms with Crippen molar-refractivity contribution in [3.63, 3.8) is 0 Å². The monoisotopic (exact) mass is 369 g/mol. The first-order valence-corrected chi connectivity index (χ1v) is 8.54. The molecular formula is C16H21BrClN3. The molecule has 3 nitrogen and oxygen atoms in total. The lowest BCUT2D eigenvalue weighted by Gasteiger charge is -2.21. The zero-order valence-electron chi connectivity index (χ0n) is 12.4. The summed E-state index contributed by atoms with van der Waals surface area (Å²) in [6, 6.07) is 8.18. The number of hydrogen-bond acceptors (Lipinski definition) is 2. The summed E-state index contributed by atoms with van der Waals surface area (Å²) in [5.74, 6) is 0. The summed E-state index contributed by atoms with van der Waals surface area (Å²) in [7, 11) is 0. The molecule has 1 atom stereocenters. The van der Waals surface area contributed by atoms with Crippen LogP contribution in [0.4, 0.5) is 0 Å². The van der Waals surface area contributed by atoms with Crippen LogP contribution in [0.2, 0.25) is 5.02 Å². The van der Waals surface area contributed by atoms with E-state index in [9.17, 15) is 0 Å². The fourth-order valence-electron chi connectivity index (χ4n) is 2.38. The SMILES string of the molecule is CCCNC(c1ccc(Br)cc1Cl)c1ccnn1CCC. The summed E-state index contributed by atoms with van der Waals surface area (Å²) in [5, 5.41) is 8.78. The second kappa shape index (κ2) is 7.97. The summed E-state index contributed by atoms with van der Waals surface area (Å²) in [6.45, 7) is 6.18. The average Bonchev–Trinajstić information content (AvgIpc) is 2.90. The zero-order chi connectivity index (χ0) is 15.2. The van der Waals surface area contributed by atoms with Gasteiger partial charge in [-0.1, -0.05) is 47.4 Å². The van der Waals surface area contributed by atoms with E-state index in [4.69, 9.17) is 11.6 Å². The van der Waals surface area contributed by atoms with Crippen molar-refractivity contribution in [1.29, 1.82) is 0 Å². The molecule has 0 fully saturated rings. The van der Waals surface area contributed by atoms with Gasteiger partial charge in [0, 0.05) is 22.2 Å². The molecule has 0 aliphatic heterocycles. The number of rotatable bonds is 7. The van der Waals surface area contributed by atoms with E-state index in [0.29, 0.717) is 0 Å². The van der Waals surface area contributed by atoms with Crippen molar-refractivity contribution in [2.45, 2.75) is 39.3 Å². The van der Waals surface area contributed by atoms with Crippen LogP contribution in [0.25, 0.3) is 0 Å². The van der Waals surface area contributed by atoms with Crippen molar-refractivity contribution in [1.82, 2.24) is 15.1 Å². The summed E-state index contributed by atoms with van der Waals surface area (Å²) in [5.41, 5.74) is 2.25. The molecular weight excluding hydrogens is 350 g/mol. The zero-order valence-corrected chi connectivity index (χ0v) is 14.8. The van der Waals surface area contributed by atoms with Gasteiger partial charge in [0.1, 0.15) is 0 Å². The molecule has 0 aliphatic rings. The first kappa shape index (κ1) is 16.5. The Morgan fingerprint density at radius 2 is 2.10 bits per heavy atom. The van der Waals surface area contributed by atoms with E-state index >= 15 is 0 Å². The highest BCUT2D eigenvalue weighted by Gasteiger charge is 2.20. The van der Waals surface area contributed by atoms with E-state index in [1.165, 1.54) is 0 Å². The van der Waals surface area contributed by atoms with Crippen LogP contribution in [0.1, 0.15) is 44.0 Å². The molecule has 1 N–H and O–H groups in total. The fourth-order valence-corrected chi connectivity index (χ4v) is 3.17. The summed E-state index contributed by atoms with van der Waals surface area (Å²) in [6.07, 6.45) is 3.99. The number of hydrogen-bond donors (Lipinski definition) is 1. The Morgan fingerprint density at radius 3 is 2.76 bits per heavy atom. The fraction of sp³-hybridized carbons (Fsp3) is 0.438. The molecule has 5 heteroatoms. The van der Waals surface area contributed by atoms with E-state index in [1.54, 1.807) is 0 Å². The Bertz CT molecular complexity index is 583. The van der Waals surface area contributed by atoms with Gasteiger partial charge in [-0.25, -0.2) is 0 Å². The lowest BCUT2D eigenvalue weighted by atomic mass is 10.0. The van der Waals surface area contributed by atoms with E-state index in [2.05, 4.69) is 57.0 Å². The molecule has 0 bridgehead atoms. The molecule has 2 rings (SSSR count). The van der Waals surface area contributed by atoms with Gasteiger partial charge in [-0.2, -0.15) is 5.10 Å². The van der Waals surface area contributed by atoms with Gasteiger partial charge in [0.15, 0.2) is 0 Å². The highest BCUT2D eigenvalue weighted by Crippen LogP contribution is 2.30. The quantitative estimate of drug-likeness (QED) is 0.759. The van der Waals surface area contributed by atoms with Crippen molar-refractivity contribution in [3.05, 3.63) is 51.2 Å². The van der Waals surface area contributed by atoms with E-state index in [1.807, 2.05) is 18.3 Å². The molecule has 21 heavy (non-hydrogen) atoms. The van der Waals surface area contributed by atoms with Crippen molar-refractivity contribution >= 4 is 27.5 Å². The molecule has 0 spiro atoms. The first-order chi connectivity index (χ1) is 10.2. The minimum atomic E-state index is 0.0691. The van der Waals surface area contributed by atoms with Gasteiger partial charge in [-0.05, 0) is 43.1 Å². The molecule has 1 aromatic carbocycles. The van der Waals surface area contributed by atoms with E-state index in [0.717, 1.165) is 46.7 Å². The van der Waals surface area contributed by atoms with Crippen LogP contribution in [0, 0.1) is 0 Å². The molecule has 1 unspecified atom stereocenters. The Morgan fingerprint density at radius 1 is 1.29 bits per heavy atom. The molecule has 0 saturated heterocycles. The number of halogens is 2. The maximum absolute atomic E-state index is 6.45. The molecule has 0 saturated carbocycles.